The van der Waals surface area contributed by atoms with Crippen molar-refractivity contribution in [3.8, 4) is 5.69 Å². The van der Waals surface area contributed by atoms with E-state index in [1.54, 1.807) is 0 Å². The first-order valence-electron chi connectivity index (χ1n) is 9.40. The summed E-state index contributed by atoms with van der Waals surface area (Å²) in [6, 6.07) is 18.2. The molecule has 0 unspecified atom stereocenters. The monoisotopic (exact) mass is 361 g/mol. The zero-order valence-electron chi connectivity index (χ0n) is 15.9. The molecule has 0 radical (unpaired) electrons. The zero-order valence-corrected chi connectivity index (χ0v) is 15.9. The number of amides is 1. The fourth-order valence-corrected chi connectivity index (χ4v) is 3.74. The first kappa shape index (κ1) is 17.3. The van der Waals surface area contributed by atoms with Gasteiger partial charge >= 0.3 is 0 Å². The number of aromatic nitrogens is 2. The molecule has 0 saturated carbocycles. The molecular formula is C22H25N4O+. The van der Waals surface area contributed by atoms with Crippen LogP contribution in [0.25, 0.3) is 5.69 Å². The highest BCUT2D eigenvalue weighted by Crippen LogP contribution is 2.18. The summed E-state index contributed by atoms with van der Waals surface area (Å²) >= 11 is 0. The van der Waals surface area contributed by atoms with E-state index in [-0.39, 0.29) is 5.91 Å². The predicted molar refractivity (Wildman–Crippen MR) is 106 cm³/mol. The second kappa shape index (κ2) is 7.27. The van der Waals surface area contributed by atoms with E-state index in [1.165, 1.54) is 11.4 Å². The number of benzene rings is 1. The Morgan fingerprint density at radius 1 is 0.852 bits per heavy atom. The topological polar surface area (TPSA) is 42.6 Å². The number of H-pyrrole nitrogens is 1. The Bertz CT molecular complexity index is 903. The molecule has 1 N–H and O–H groups in total. The Balaban J connectivity index is 1.43. The predicted octanol–water partition coefficient (Wildman–Crippen LogP) is 2.87. The first-order chi connectivity index (χ1) is 13.1. The Morgan fingerprint density at radius 3 is 2.11 bits per heavy atom. The summed E-state index contributed by atoms with van der Waals surface area (Å²) < 4.78 is 2.20. The van der Waals surface area contributed by atoms with Gasteiger partial charge in [-0.1, -0.05) is 6.07 Å². The smallest absolute Gasteiger partial charge is 0.274 e. The summed E-state index contributed by atoms with van der Waals surface area (Å²) in [6.07, 6.45) is 1.93. The highest BCUT2D eigenvalue weighted by atomic mass is 16.2. The van der Waals surface area contributed by atoms with Gasteiger partial charge in [-0.05, 0) is 56.3 Å². The minimum Gasteiger partial charge on any atom is -0.331 e. The van der Waals surface area contributed by atoms with Gasteiger partial charge in [0.25, 0.3) is 11.7 Å². The molecule has 1 aromatic carbocycles. The number of pyridine rings is 1. The second-order valence-electron chi connectivity index (χ2n) is 7.03. The number of hydrogen-bond donors (Lipinski definition) is 0. The van der Waals surface area contributed by atoms with E-state index in [0.717, 1.165) is 43.2 Å². The lowest BCUT2D eigenvalue weighted by atomic mass is 10.1. The van der Waals surface area contributed by atoms with Gasteiger partial charge in [0, 0.05) is 28.7 Å². The average Bonchev–Trinajstić information content (AvgIpc) is 3.06. The molecule has 2 aromatic heterocycles. The lowest BCUT2D eigenvalue weighted by Crippen LogP contribution is -2.50. The van der Waals surface area contributed by atoms with Crippen molar-refractivity contribution in [1.82, 2.24) is 9.47 Å². The van der Waals surface area contributed by atoms with Crippen LogP contribution in [0.3, 0.4) is 0 Å². The third kappa shape index (κ3) is 3.45. The molecule has 1 amide bonds. The molecule has 5 nitrogen and oxygen atoms in total. The maximum absolute atomic E-state index is 12.9. The molecule has 0 spiro atoms. The van der Waals surface area contributed by atoms with E-state index in [9.17, 15) is 4.79 Å². The van der Waals surface area contributed by atoms with E-state index >= 15 is 0 Å². The summed E-state index contributed by atoms with van der Waals surface area (Å²) in [5.74, 6) is 1.21. The van der Waals surface area contributed by atoms with Gasteiger partial charge in [-0.15, -0.1) is 0 Å². The van der Waals surface area contributed by atoms with Gasteiger partial charge in [-0.2, -0.15) is 0 Å². The fraction of sp³-hybridized carbons (Fsp3) is 0.273. The van der Waals surface area contributed by atoms with Crippen LogP contribution in [0.1, 0.15) is 21.7 Å². The van der Waals surface area contributed by atoms with Crippen molar-refractivity contribution < 1.29 is 9.78 Å². The van der Waals surface area contributed by atoms with Crippen molar-refractivity contribution in [3.05, 3.63) is 77.7 Å². The van der Waals surface area contributed by atoms with Crippen LogP contribution in [0, 0.1) is 13.8 Å². The highest BCUT2D eigenvalue weighted by molar-refractivity contribution is 5.94. The third-order valence-corrected chi connectivity index (χ3v) is 5.24. The molecule has 1 aliphatic rings. The molecule has 3 aromatic rings. The molecule has 5 heteroatoms. The molecule has 1 aliphatic heterocycles. The van der Waals surface area contributed by atoms with Crippen LogP contribution in [0.2, 0.25) is 0 Å². The molecule has 0 aliphatic carbocycles. The molecular weight excluding hydrogens is 336 g/mol. The molecule has 0 atom stereocenters. The number of hydrogen-bond acceptors (Lipinski definition) is 2. The lowest BCUT2D eigenvalue weighted by Gasteiger charge is -2.31. The minimum atomic E-state index is 0.110. The van der Waals surface area contributed by atoms with Crippen molar-refractivity contribution in [2.75, 3.05) is 31.1 Å². The first-order valence-corrected chi connectivity index (χ1v) is 9.40. The standard InChI is InChI=1S/C22H24N4O/c1-17-6-7-18(2)26(17)20-10-8-19(9-11-20)22(27)25-15-13-24(14-16-25)21-5-3-4-12-23-21/h3-12H,13-16H2,1-2H3/p+1. The molecule has 27 heavy (non-hydrogen) atoms. The molecule has 0 bridgehead atoms. The van der Waals surface area contributed by atoms with Crippen LogP contribution in [-0.4, -0.2) is 41.6 Å². The normalized spacial score (nSPS) is 14.4. The summed E-state index contributed by atoms with van der Waals surface area (Å²) in [4.78, 5) is 20.4. The molecule has 1 fully saturated rings. The fourth-order valence-electron chi connectivity index (χ4n) is 3.74. The summed E-state index contributed by atoms with van der Waals surface area (Å²) in [7, 11) is 0. The van der Waals surface area contributed by atoms with Crippen LogP contribution in [-0.2, 0) is 0 Å². The van der Waals surface area contributed by atoms with Gasteiger partial charge in [0.15, 0.2) is 0 Å². The molecule has 3 heterocycles. The zero-order chi connectivity index (χ0) is 18.8. The largest absolute Gasteiger partial charge is 0.331 e. The summed E-state index contributed by atoms with van der Waals surface area (Å²) in [5, 5.41) is 0. The van der Waals surface area contributed by atoms with Crippen LogP contribution in [0.15, 0.2) is 60.8 Å². The van der Waals surface area contributed by atoms with Gasteiger partial charge in [0.2, 0.25) is 0 Å². The maximum atomic E-state index is 12.9. The number of nitrogens with zero attached hydrogens (tertiary/aromatic N) is 3. The summed E-state index contributed by atoms with van der Waals surface area (Å²) in [5.41, 5.74) is 4.23. The Kier molecular flexibility index (Phi) is 4.67. The van der Waals surface area contributed by atoms with Gasteiger partial charge in [-0.3, -0.25) is 9.69 Å². The average molecular weight is 361 g/mol. The van der Waals surface area contributed by atoms with Crippen molar-refractivity contribution in [1.29, 1.82) is 0 Å². The van der Waals surface area contributed by atoms with Crippen LogP contribution in [0.5, 0.6) is 0 Å². The quantitative estimate of drug-likeness (QED) is 0.720. The van der Waals surface area contributed by atoms with Crippen molar-refractivity contribution in [3.63, 3.8) is 0 Å². The Labute approximate surface area is 159 Å². The highest BCUT2D eigenvalue weighted by Gasteiger charge is 2.26. The molecule has 1 saturated heterocycles. The SMILES string of the molecule is Cc1ccc(C)n1-c1ccc(C(=O)N2CCN(c3cccc[nH+]3)CC2)cc1. The van der Waals surface area contributed by atoms with E-state index < -0.39 is 0 Å². The van der Waals surface area contributed by atoms with Crippen molar-refractivity contribution >= 4 is 11.7 Å². The van der Waals surface area contributed by atoms with E-state index in [2.05, 4.69) is 46.5 Å². The van der Waals surface area contributed by atoms with Crippen LogP contribution >= 0.6 is 0 Å². The number of anilines is 1. The number of aromatic amines is 1. The van der Waals surface area contributed by atoms with Gasteiger partial charge < -0.3 is 9.47 Å². The number of nitrogens with one attached hydrogen (secondary N) is 1. The number of aryl methyl sites for hydroxylation is 2. The van der Waals surface area contributed by atoms with Crippen molar-refractivity contribution in [2.24, 2.45) is 0 Å². The van der Waals surface area contributed by atoms with E-state index in [1.807, 2.05) is 47.5 Å². The van der Waals surface area contributed by atoms with Crippen molar-refractivity contribution in [2.45, 2.75) is 13.8 Å². The Morgan fingerprint density at radius 2 is 1.52 bits per heavy atom. The van der Waals surface area contributed by atoms with E-state index in [4.69, 9.17) is 0 Å². The number of piperazine rings is 1. The second-order valence-corrected chi connectivity index (χ2v) is 7.03. The minimum absolute atomic E-state index is 0.110. The van der Waals surface area contributed by atoms with Gasteiger partial charge in [-0.25, -0.2) is 4.98 Å². The van der Waals surface area contributed by atoms with Crippen LogP contribution in [0.4, 0.5) is 5.82 Å². The van der Waals surface area contributed by atoms with E-state index in [0.29, 0.717) is 0 Å². The summed E-state index contributed by atoms with van der Waals surface area (Å²) in [6.45, 7) is 7.34. The van der Waals surface area contributed by atoms with Gasteiger partial charge in [0.05, 0.1) is 19.3 Å². The van der Waals surface area contributed by atoms with Gasteiger partial charge in [0.1, 0.15) is 13.1 Å². The van der Waals surface area contributed by atoms with Crippen LogP contribution < -0.4 is 9.88 Å². The third-order valence-electron chi connectivity index (χ3n) is 5.24. The molecule has 138 valence electrons. The Hall–Kier alpha value is -3.08. The number of carbonyl (C=O) groups is 1. The lowest BCUT2D eigenvalue weighted by molar-refractivity contribution is -0.364. The molecule has 4 rings (SSSR count). The number of carbonyl (C=O) groups excluding carboxylic acids is 1. The number of rotatable bonds is 3. The maximum Gasteiger partial charge on any atom is 0.274 e.